The Morgan fingerprint density at radius 2 is 1.65 bits per heavy atom. The lowest BCUT2D eigenvalue weighted by molar-refractivity contribution is -0.157. The third-order valence-electron chi connectivity index (χ3n) is 2.49. The van der Waals surface area contributed by atoms with E-state index in [9.17, 15) is 4.79 Å². The van der Waals surface area contributed by atoms with E-state index in [1.54, 1.807) is 0 Å². The minimum Gasteiger partial charge on any atom is -0.493 e. The summed E-state index contributed by atoms with van der Waals surface area (Å²) in [5, 5.41) is 0. The number of hydrogen-bond donors (Lipinski definition) is 0. The molecule has 20 heavy (non-hydrogen) atoms. The number of hydrogen-bond acceptors (Lipinski definition) is 3. The summed E-state index contributed by atoms with van der Waals surface area (Å²) in [6.45, 7) is 10.1. The first-order valence-corrected chi connectivity index (χ1v) is 7.75. The van der Waals surface area contributed by atoms with Crippen LogP contribution in [0, 0.1) is 8.99 Å². The van der Waals surface area contributed by atoms with Crippen LogP contribution in [0.1, 0.15) is 41.0 Å². The van der Waals surface area contributed by atoms with Crippen molar-refractivity contribution < 1.29 is 14.3 Å². The number of rotatable bonds is 5. The van der Waals surface area contributed by atoms with E-state index in [4.69, 9.17) is 9.47 Å². The average molecular weight is 390 g/mol. The predicted octanol–water partition coefficient (Wildman–Crippen LogP) is 4.43. The van der Waals surface area contributed by atoms with Crippen LogP contribution in [0.15, 0.2) is 24.3 Å². The lowest BCUT2D eigenvalue weighted by Crippen LogP contribution is -2.30. The molecule has 3 nitrogen and oxygen atoms in total. The fraction of sp³-hybridized carbons (Fsp3) is 0.562. The highest BCUT2D eigenvalue weighted by molar-refractivity contribution is 14.1. The molecule has 0 unspecified atom stereocenters. The zero-order valence-corrected chi connectivity index (χ0v) is 15.0. The summed E-state index contributed by atoms with van der Waals surface area (Å²) in [4.78, 5) is 11.9. The van der Waals surface area contributed by atoms with Crippen LogP contribution >= 0.6 is 22.6 Å². The Labute approximate surface area is 135 Å². The second-order valence-electron chi connectivity index (χ2n) is 6.67. The van der Waals surface area contributed by atoms with Crippen molar-refractivity contribution in [1.82, 2.24) is 0 Å². The molecular weight excluding hydrogens is 367 g/mol. The van der Waals surface area contributed by atoms with Gasteiger partial charge in [0.15, 0.2) is 0 Å². The van der Waals surface area contributed by atoms with Crippen LogP contribution in [0.25, 0.3) is 0 Å². The molecule has 1 rings (SSSR count). The maximum atomic E-state index is 11.9. The summed E-state index contributed by atoms with van der Waals surface area (Å²) in [5.41, 5.74) is -0.699. The highest BCUT2D eigenvalue weighted by Gasteiger charge is 2.26. The zero-order valence-electron chi connectivity index (χ0n) is 12.8. The quantitative estimate of drug-likeness (QED) is 0.551. The van der Waals surface area contributed by atoms with E-state index in [2.05, 4.69) is 22.6 Å². The molecule has 0 amide bonds. The Morgan fingerprint density at radius 3 is 2.15 bits per heavy atom. The van der Waals surface area contributed by atoms with Gasteiger partial charge in [-0.25, -0.2) is 0 Å². The molecule has 0 atom stereocenters. The minimum absolute atomic E-state index is 0.186. The highest BCUT2D eigenvalue weighted by atomic mass is 127. The summed E-state index contributed by atoms with van der Waals surface area (Å²) in [6, 6.07) is 7.87. The largest absolute Gasteiger partial charge is 0.493 e. The topological polar surface area (TPSA) is 35.5 Å². The summed E-state index contributed by atoms with van der Waals surface area (Å²) in [7, 11) is 0. The summed E-state index contributed by atoms with van der Waals surface area (Å²) in [6.07, 6.45) is 0.342. The van der Waals surface area contributed by atoms with Gasteiger partial charge in [-0.2, -0.15) is 0 Å². The number of carbonyl (C=O) groups excluding carboxylic acids is 1. The number of halogens is 1. The van der Waals surface area contributed by atoms with Crippen LogP contribution in [0.5, 0.6) is 5.75 Å². The van der Waals surface area contributed by atoms with Crippen molar-refractivity contribution in [1.29, 1.82) is 0 Å². The maximum Gasteiger partial charge on any atom is 0.306 e. The van der Waals surface area contributed by atoms with Gasteiger partial charge in [0.2, 0.25) is 0 Å². The van der Waals surface area contributed by atoms with Crippen molar-refractivity contribution in [3.8, 4) is 5.75 Å². The first kappa shape index (κ1) is 17.3. The fourth-order valence-corrected chi connectivity index (χ4v) is 1.99. The lowest BCUT2D eigenvalue weighted by atomic mass is 9.90. The molecule has 0 aliphatic rings. The molecule has 0 spiro atoms. The van der Waals surface area contributed by atoms with E-state index in [-0.39, 0.29) is 11.4 Å². The highest BCUT2D eigenvalue weighted by Crippen LogP contribution is 2.24. The third kappa shape index (κ3) is 7.12. The Hall–Kier alpha value is -0.780. The van der Waals surface area contributed by atoms with Crippen LogP contribution in [-0.4, -0.2) is 18.2 Å². The zero-order chi connectivity index (χ0) is 15.4. The van der Waals surface area contributed by atoms with Crippen LogP contribution in [0.3, 0.4) is 0 Å². The fourth-order valence-electron chi connectivity index (χ4n) is 1.63. The van der Waals surface area contributed by atoms with Crippen molar-refractivity contribution in [2.24, 2.45) is 5.41 Å². The molecule has 112 valence electrons. The van der Waals surface area contributed by atoms with E-state index >= 15 is 0 Å². The van der Waals surface area contributed by atoms with Gasteiger partial charge in [0.25, 0.3) is 0 Å². The van der Waals surface area contributed by atoms with Gasteiger partial charge in [-0.1, -0.05) is 13.8 Å². The Kier molecular flexibility index (Phi) is 5.86. The summed E-state index contributed by atoms with van der Waals surface area (Å²) in [5.74, 6) is 0.636. The lowest BCUT2D eigenvalue weighted by Gasteiger charge is -2.26. The molecule has 0 heterocycles. The molecule has 0 N–H and O–H groups in total. The maximum absolute atomic E-state index is 11.9. The van der Waals surface area contributed by atoms with E-state index in [0.717, 1.165) is 5.75 Å². The van der Waals surface area contributed by atoms with Gasteiger partial charge >= 0.3 is 5.97 Å². The smallest absolute Gasteiger partial charge is 0.306 e. The number of carbonyl (C=O) groups is 1. The van der Waals surface area contributed by atoms with Crippen LogP contribution in [-0.2, 0) is 9.53 Å². The molecule has 0 aromatic heterocycles. The van der Waals surface area contributed by atoms with E-state index in [0.29, 0.717) is 13.0 Å². The first-order chi connectivity index (χ1) is 9.07. The summed E-state index contributed by atoms with van der Waals surface area (Å²) < 4.78 is 12.3. The van der Waals surface area contributed by atoms with Gasteiger partial charge < -0.3 is 9.47 Å². The summed E-state index contributed by atoms with van der Waals surface area (Å²) >= 11 is 2.25. The molecule has 0 radical (unpaired) electrons. The number of esters is 1. The van der Waals surface area contributed by atoms with Crippen molar-refractivity contribution in [3.63, 3.8) is 0 Å². The molecule has 0 fully saturated rings. The van der Waals surface area contributed by atoms with Crippen molar-refractivity contribution in [2.45, 2.75) is 46.6 Å². The van der Waals surface area contributed by atoms with Gasteiger partial charge in [0.1, 0.15) is 11.4 Å². The van der Waals surface area contributed by atoms with Crippen LogP contribution < -0.4 is 4.74 Å². The van der Waals surface area contributed by atoms with Crippen molar-refractivity contribution >= 4 is 28.6 Å². The Balaban J connectivity index is 2.48. The standard InChI is InChI=1S/C16H23IO3/c1-15(2,3)20-14(18)10-16(4,5)11-19-13-8-6-12(17)7-9-13/h6-9H,10-11H2,1-5H3. The monoisotopic (exact) mass is 390 g/mol. The van der Waals surface area contributed by atoms with Gasteiger partial charge in [0.05, 0.1) is 13.0 Å². The number of ether oxygens (including phenoxy) is 2. The van der Waals surface area contributed by atoms with Gasteiger partial charge in [-0.3, -0.25) is 4.79 Å². The van der Waals surface area contributed by atoms with Gasteiger partial charge in [-0.05, 0) is 67.6 Å². The molecule has 4 heteroatoms. The number of benzene rings is 1. The van der Waals surface area contributed by atoms with Gasteiger partial charge in [-0.15, -0.1) is 0 Å². The van der Waals surface area contributed by atoms with Crippen molar-refractivity contribution in [3.05, 3.63) is 27.8 Å². The third-order valence-corrected chi connectivity index (χ3v) is 3.21. The molecular formula is C16H23IO3. The molecule has 0 aliphatic heterocycles. The average Bonchev–Trinajstić information content (AvgIpc) is 2.24. The molecule has 0 aliphatic carbocycles. The predicted molar refractivity (Wildman–Crippen MR) is 88.9 cm³/mol. The minimum atomic E-state index is -0.440. The molecule has 0 saturated carbocycles. The normalized spacial score (nSPS) is 12.1. The molecule has 0 bridgehead atoms. The SMILES string of the molecule is CC(C)(COc1ccc(I)cc1)CC(=O)OC(C)(C)C. The van der Waals surface area contributed by atoms with E-state index in [1.807, 2.05) is 58.9 Å². The second kappa shape index (κ2) is 6.78. The van der Waals surface area contributed by atoms with Crippen molar-refractivity contribution in [2.75, 3.05) is 6.61 Å². The molecule has 0 saturated heterocycles. The molecule has 1 aromatic carbocycles. The van der Waals surface area contributed by atoms with E-state index in [1.165, 1.54) is 3.57 Å². The second-order valence-corrected chi connectivity index (χ2v) is 7.92. The Morgan fingerprint density at radius 1 is 1.10 bits per heavy atom. The van der Waals surface area contributed by atoms with E-state index < -0.39 is 5.60 Å². The Bertz CT molecular complexity index is 444. The van der Waals surface area contributed by atoms with Gasteiger partial charge in [0, 0.05) is 8.99 Å². The van der Waals surface area contributed by atoms with Crippen LogP contribution in [0.4, 0.5) is 0 Å². The molecule has 1 aromatic rings. The van der Waals surface area contributed by atoms with Crippen LogP contribution in [0.2, 0.25) is 0 Å². The first-order valence-electron chi connectivity index (χ1n) is 6.68.